The summed E-state index contributed by atoms with van der Waals surface area (Å²) in [6.07, 6.45) is 1.53. The number of aryl methyl sites for hydroxylation is 1. The molecule has 2 rings (SSSR count). The first-order valence-electron chi connectivity index (χ1n) is 5.39. The van der Waals surface area contributed by atoms with Crippen LogP contribution in [0.2, 0.25) is 0 Å². The summed E-state index contributed by atoms with van der Waals surface area (Å²) in [7, 11) is 0. The van der Waals surface area contributed by atoms with Crippen LogP contribution >= 0.6 is 0 Å². The molecule has 2 heterocycles. The predicted molar refractivity (Wildman–Crippen MR) is 62.3 cm³/mol. The lowest BCUT2D eigenvalue weighted by atomic mass is 10.2. The van der Waals surface area contributed by atoms with E-state index in [-0.39, 0.29) is 18.9 Å². The van der Waals surface area contributed by atoms with E-state index >= 15 is 0 Å². The molecule has 7 heteroatoms. The van der Waals surface area contributed by atoms with E-state index in [0.29, 0.717) is 17.0 Å². The van der Waals surface area contributed by atoms with Crippen molar-refractivity contribution < 1.29 is 14.7 Å². The minimum atomic E-state index is -0.944. The fourth-order valence-corrected chi connectivity index (χ4v) is 1.52. The summed E-state index contributed by atoms with van der Waals surface area (Å²) in [5, 5.41) is 18.8. The zero-order valence-electron chi connectivity index (χ0n) is 9.75. The van der Waals surface area contributed by atoms with Gasteiger partial charge in [0.25, 0.3) is 5.91 Å². The van der Waals surface area contributed by atoms with Gasteiger partial charge in [-0.15, -0.1) is 10.2 Å². The number of hydrogen-bond acceptors (Lipinski definition) is 4. The van der Waals surface area contributed by atoms with Gasteiger partial charge in [0.2, 0.25) is 0 Å². The molecule has 2 aromatic heterocycles. The second kappa shape index (κ2) is 4.82. The summed E-state index contributed by atoms with van der Waals surface area (Å²) in [5.41, 5.74) is 1.10. The standard InChI is InChI=1S/C11H12N4O3/c1-7-13-14-9-3-2-8(6-15(7)9)11(18)12-5-4-10(16)17/h2-3,6H,4-5H2,1H3,(H,12,18)(H,16,17). The van der Waals surface area contributed by atoms with Gasteiger partial charge >= 0.3 is 5.97 Å². The van der Waals surface area contributed by atoms with Crippen molar-refractivity contribution in [3.8, 4) is 0 Å². The van der Waals surface area contributed by atoms with Gasteiger partial charge in [-0.1, -0.05) is 0 Å². The summed E-state index contributed by atoms with van der Waals surface area (Å²) >= 11 is 0. The molecule has 0 aromatic carbocycles. The molecule has 0 saturated carbocycles. The van der Waals surface area contributed by atoms with Crippen LogP contribution in [0.4, 0.5) is 0 Å². The van der Waals surface area contributed by atoms with Crippen LogP contribution in [0.1, 0.15) is 22.6 Å². The molecule has 2 aromatic rings. The fraction of sp³-hybridized carbons (Fsp3) is 0.273. The maximum Gasteiger partial charge on any atom is 0.305 e. The van der Waals surface area contributed by atoms with Gasteiger partial charge < -0.3 is 10.4 Å². The van der Waals surface area contributed by atoms with Crippen LogP contribution < -0.4 is 5.32 Å². The number of carboxylic acid groups (broad SMARTS) is 1. The van der Waals surface area contributed by atoms with Crippen molar-refractivity contribution in [2.75, 3.05) is 6.54 Å². The Morgan fingerprint density at radius 3 is 2.89 bits per heavy atom. The van der Waals surface area contributed by atoms with Crippen LogP contribution in [-0.4, -0.2) is 38.1 Å². The van der Waals surface area contributed by atoms with Gasteiger partial charge in [-0.3, -0.25) is 14.0 Å². The summed E-state index contributed by atoms with van der Waals surface area (Å²) in [4.78, 5) is 22.1. The zero-order chi connectivity index (χ0) is 13.1. The minimum Gasteiger partial charge on any atom is -0.481 e. The fourth-order valence-electron chi connectivity index (χ4n) is 1.52. The predicted octanol–water partition coefficient (Wildman–Crippen LogP) is 0.242. The second-order valence-corrected chi connectivity index (χ2v) is 3.79. The van der Waals surface area contributed by atoms with Crippen molar-refractivity contribution in [1.29, 1.82) is 0 Å². The van der Waals surface area contributed by atoms with E-state index in [4.69, 9.17) is 5.11 Å². The lowest BCUT2D eigenvalue weighted by Gasteiger charge is -2.04. The normalized spacial score (nSPS) is 10.5. The van der Waals surface area contributed by atoms with Crippen LogP contribution in [0.3, 0.4) is 0 Å². The van der Waals surface area contributed by atoms with Gasteiger partial charge in [0.1, 0.15) is 5.82 Å². The molecule has 18 heavy (non-hydrogen) atoms. The Morgan fingerprint density at radius 2 is 2.17 bits per heavy atom. The highest BCUT2D eigenvalue weighted by molar-refractivity contribution is 5.94. The molecule has 0 spiro atoms. The summed E-state index contributed by atoms with van der Waals surface area (Å²) < 4.78 is 1.70. The van der Waals surface area contributed by atoms with E-state index in [9.17, 15) is 9.59 Å². The highest BCUT2D eigenvalue weighted by Gasteiger charge is 2.08. The smallest absolute Gasteiger partial charge is 0.305 e. The van der Waals surface area contributed by atoms with E-state index in [1.807, 2.05) is 0 Å². The molecular formula is C11H12N4O3. The number of amides is 1. The number of nitrogens with one attached hydrogen (secondary N) is 1. The molecule has 0 fully saturated rings. The number of aliphatic carboxylic acids is 1. The van der Waals surface area contributed by atoms with Gasteiger partial charge in [-0.05, 0) is 19.1 Å². The molecule has 0 atom stereocenters. The molecule has 0 unspecified atom stereocenters. The molecule has 0 radical (unpaired) electrons. The SMILES string of the molecule is Cc1nnc2ccc(C(=O)NCCC(=O)O)cn12. The first-order valence-corrected chi connectivity index (χ1v) is 5.39. The van der Waals surface area contributed by atoms with E-state index in [1.165, 1.54) is 0 Å². The van der Waals surface area contributed by atoms with Gasteiger partial charge in [0.15, 0.2) is 5.65 Å². The first-order chi connectivity index (χ1) is 8.58. The third kappa shape index (κ3) is 2.45. The topological polar surface area (TPSA) is 96.6 Å². The molecular weight excluding hydrogens is 236 g/mol. The third-order valence-electron chi connectivity index (χ3n) is 2.46. The average Bonchev–Trinajstić information content (AvgIpc) is 2.70. The van der Waals surface area contributed by atoms with Gasteiger partial charge in [0, 0.05) is 12.7 Å². The number of carbonyl (C=O) groups is 2. The largest absolute Gasteiger partial charge is 0.481 e. The van der Waals surface area contributed by atoms with Crippen molar-refractivity contribution >= 4 is 17.5 Å². The van der Waals surface area contributed by atoms with Crippen LogP contribution in [0, 0.1) is 6.92 Å². The van der Waals surface area contributed by atoms with E-state index in [2.05, 4.69) is 15.5 Å². The van der Waals surface area contributed by atoms with Crippen molar-refractivity contribution in [2.45, 2.75) is 13.3 Å². The maximum atomic E-state index is 11.7. The summed E-state index contributed by atoms with van der Waals surface area (Å²) in [5.74, 6) is -0.572. The minimum absolute atomic E-state index is 0.0976. The Kier molecular flexibility index (Phi) is 3.22. The molecule has 0 saturated heterocycles. The van der Waals surface area contributed by atoms with Crippen molar-refractivity contribution in [2.24, 2.45) is 0 Å². The quantitative estimate of drug-likeness (QED) is 0.808. The Labute approximate surface area is 102 Å². The van der Waals surface area contributed by atoms with Crippen LogP contribution in [0.25, 0.3) is 5.65 Å². The highest BCUT2D eigenvalue weighted by atomic mass is 16.4. The van der Waals surface area contributed by atoms with E-state index in [0.717, 1.165) is 0 Å². The van der Waals surface area contributed by atoms with Crippen molar-refractivity contribution in [1.82, 2.24) is 19.9 Å². The number of aromatic nitrogens is 3. The summed E-state index contributed by atoms with van der Waals surface area (Å²) in [6, 6.07) is 3.31. The highest BCUT2D eigenvalue weighted by Crippen LogP contribution is 2.06. The van der Waals surface area contributed by atoms with Crippen LogP contribution in [0.15, 0.2) is 18.3 Å². The molecule has 2 N–H and O–H groups in total. The molecule has 0 aliphatic heterocycles. The zero-order valence-corrected chi connectivity index (χ0v) is 9.75. The van der Waals surface area contributed by atoms with E-state index < -0.39 is 5.97 Å². The number of pyridine rings is 1. The number of rotatable bonds is 4. The summed E-state index contributed by atoms with van der Waals surface area (Å²) in [6.45, 7) is 1.89. The van der Waals surface area contributed by atoms with E-state index in [1.54, 1.807) is 29.7 Å². The van der Waals surface area contributed by atoms with Gasteiger partial charge in [-0.2, -0.15) is 0 Å². The van der Waals surface area contributed by atoms with Crippen LogP contribution in [0.5, 0.6) is 0 Å². The molecule has 94 valence electrons. The Morgan fingerprint density at radius 1 is 1.39 bits per heavy atom. The molecule has 0 bridgehead atoms. The maximum absolute atomic E-state index is 11.7. The first kappa shape index (κ1) is 12.0. The molecule has 7 nitrogen and oxygen atoms in total. The van der Waals surface area contributed by atoms with Gasteiger partial charge in [-0.25, -0.2) is 0 Å². The second-order valence-electron chi connectivity index (χ2n) is 3.79. The lowest BCUT2D eigenvalue weighted by molar-refractivity contribution is -0.136. The third-order valence-corrected chi connectivity index (χ3v) is 2.46. The monoisotopic (exact) mass is 248 g/mol. The van der Waals surface area contributed by atoms with Gasteiger partial charge in [0.05, 0.1) is 12.0 Å². The Balaban J connectivity index is 2.12. The van der Waals surface area contributed by atoms with Crippen molar-refractivity contribution in [3.05, 3.63) is 29.7 Å². The lowest BCUT2D eigenvalue weighted by Crippen LogP contribution is -2.26. The molecule has 0 aliphatic carbocycles. The average molecular weight is 248 g/mol. The number of fused-ring (bicyclic) bond motifs is 1. The Bertz CT molecular complexity index is 605. The van der Waals surface area contributed by atoms with Crippen molar-refractivity contribution in [3.63, 3.8) is 0 Å². The van der Waals surface area contributed by atoms with Crippen LogP contribution in [-0.2, 0) is 4.79 Å². The molecule has 0 aliphatic rings. The number of carbonyl (C=O) groups excluding carboxylic acids is 1. The Hall–Kier alpha value is -2.44. The number of hydrogen-bond donors (Lipinski definition) is 2. The molecule has 1 amide bonds. The number of carboxylic acids is 1. The number of nitrogens with zero attached hydrogens (tertiary/aromatic N) is 3.